The van der Waals surface area contributed by atoms with Crippen LogP contribution in [0.1, 0.15) is 40.2 Å². The summed E-state index contributed by atoms with van der Waals surface area (Å²) in [5, 5.41) is 12.3. The molecule has 7 nitrogen and oxygen atoms in total. The van der Waals surface area contributed by atoms with Gasteiger partial charge >= 0.3 is 0 Å². The molecule has 7 heteroatoms. The average Bonchev–Trinajstić information content (AvgIpc) is 3.10. The van der Waals surface area contributed by atoms with Gasteiger partial charge in [0.05, 0.1) is 18.6 Å². The van der Waals surface area contributed by atoms with Crippen LogP contribution < -0.4 is 21.3 Å². The third kappa shape index (κ3) is 7.58. The van der Waals surface area contributed by atoms with Crippen molar-refractivity contribution in [2.75, 3.05) is 19.6 Å². The summed E-state index contributed by atoms with van der Waals surface area (Å²) in [7, 11) is 0. The molecule has 3 atom stereocenters. The van der Waals surface area contributed by atoms with Crippen LogP contribution >= 0.6 is 0 Å². The van der Waals surface area contributed by atoms with Crippen LogP contribution in [0, 0.1) is 5.92 Å². The van der Waals surface area contributed by atoms with Gasteiger partial charge in [-0.05, 0) is 44.4 Å². The molecule has 1 aromatic rings. The summed E-state index contributed by atoms with van der Waals surface area (Å²) < 4.78 is 5.12. The van der Waals surface area contributed by atoms with Gasteiger partial charge in [-0.3, -0.25) is 9.59 Å². The fraction of sp³-hybridized carbons (Fsp3) is 0.684. The molecule has 1 heterocycles. The zero-order valence-corrected chi connectivity index (χ0v) is 16.6. The molecular weight excluding hydrogens is 332 g/mol. The van der Waals surface area contributed by atoms with Gasteiger partial charge in [0.15, 0.2) is 0 Å². The zero-order chi connectivity index (χ0) is 19.5. The van der Waals surface area contributed by atoms with Crippen molar-refractivity contribution >= 4 is 11.8 Å². The summed E-state index contributed by atoms with van der Waals surface area (Å²) >= 11 is 0. The Balaban J connectivity index is 2.53. The summed E-state index contributed by atoms with van der Waals surface area (Å²) in [4.78, 5) is 24.6. The van der Waals surface area contributed by atoms with E-state index in [1.165, 1.54) is 0 Å². The molecule has 0 aliphatic rings. The third-order valence-electron chi connectivity index (χ3n) is 4.22. The van der Waals surface area contributed by atoms with E-state index in [1.54, 1.807) is 12.5 Å². The molecule has 2 amide bonds. The minimum absolute atomic E-state index is 0.0216. The van der Waals surface area contributed by atoms with Gasteiger partial charge in [0.2, 0.25) is 11.8 Å². The Hall–Kier alpha value is -1.86. The number of amides is 2. The van der Waals surface area contributed by atoms with Gasteiger partial charge in [-0.25, -0.2) is 0 Å². The van der Waals surface area contributed by atoms with Crippen LogP contribution in [0.3, 0.4) is 0 Å². The Morgan fingerprint density at radius 3 is 2.35 bits per heavy atom. The second kappa shape index (κ2) is 11.7. The number of nitrogens with one attached hydrogen (secondary N) is 4. The van der Waals surface area contributed by atoms with Crippen molar-refractivity contribution in [2.45, 2.75) is 59.2 Å². The number of likely N-dealkylation sites (N-methyl/N-ethyl adjacent to an activating group) is 2. The molecule has 0 aromatic carbocycles. The number of carbonyl (C=O) groups excluding carboxylic acids is 2. The number of hydrogen-bond donors (Lipinski definition) is 4. The molecular formula is C19H34N4O3. The van der Waals surface area contributed by atoms with Gasteiger partial charge in [0.25, 0.3) is 0 Å². The van der Waals surface area contributed by atoms with Crippen molar-refractivity contribution < 1.29 is 14.0 Å². The van der Waals surface area contributed by atoms with Crippen molar-refractivity contribution in [1.82, 2.24) is 21.3 Å². The molecule has 0 fully saturated rings. The molecule has 0 saturated carbocycles. The van der Waals surface area contributed by atoms with Crippen LogP contribution in [0.2, 0.25) is 0 Å². The quantitative estimate of drug-likeness (QED) is 0.444. The topological polar surface area (TPSA) is 95.4 Å². The van der Waals surface area contributed by atoms with Gasteiger partial charge in [-0.2, -0.15) is 0 Å². The van der Waals surface area contributed by atoms with Crippen molar-refractivity contribution in [3.05, 3.63) is 24.2 Å². The van der Waals surface area contributed by atoms with Crippen LogP contribution in [-0.2, 0) is 16.0 Å². The molecule has 0 bridgehead atoms. The molecule has 26 heavy (non-hydrogen) atoms. The summed E-state index contributed by atoms with van der Waals surface area (Å²) in [6.45, 7) is 11.6. The molecule has 148 valence electrons. The SMILES string of the molecule is CCNC(=O)[C@@H](NC(=O)[C@H](C)NC[C@H](Cc1ccoc1)NCC)C(C)C. The van der Waals surface area contributed by atoms with Gasteiger partial charge in [0.1, 0.15) is 6.04 Å². The number of furan rings is 1. The molecule has 0 spiro atoms. The fourth-order valence-electron chi connectivity index (χ4n) is 2.71. The lowest BCUT2D eigenvalue weighted by molar-refractivity contribution is -0.130. The second-order valence-corrected chi connectivity index (χ2v) is 6.85. The van der Waals surface area contributed by atoms with E-state index in [9.17, 15) is 9.59 Å². The second-order valence-electron chi connectivity index (χ2n) is 6.85. The van der Waals surface area contributed by atoms with E-state index in [0.29, 0.717) is 13.1 Å². The molecule has 1 rings (SSSR count). The summed E-state index contributed by atoms with van der Waals surface area (Å²) in [5.74, 6) is -0.296. The molecule has 0 saturated heterocycles. The highest BCUT2D eigenvalue weighted by Gasteiger charge is 2.26. The van der Waals surface area contributed by atoms with Crippen LogP contribution in [-0.4, -0.2) is 49.6 Å². The van der Waals surface area contributed by atoms with E-state index < -0.39 is 12.1 Å². The predicted octanol–water partition coefficient (Wildman–Crippen LogP) is 1.06. The summed E-state index contributed by atoms with van der Waals surface area (Å²) in [6.07, 6.45) is 4.22. The summed E-state index contributed by atoms with van der Waals surface area (Å²) in [5.41, 5.74) is 1.12. The Labute approximate surface area is 156 Å². The van der Waals surface area contributed by atoms with Gasteiger partial charge in [-0.15, -0.1) is 0 Å². The summed E-state index contributed by atoms with van der Waals surface area (Å²) in [6, 6.07) is 1.22. The molecule has 4 N–H and O–H groups in total. The molecule has 0 aliphatic heterocycles. The minimum Gasteiger partial charge on any atom is -0.472 e. The van der Waals surface area contributed by atoms with Gasteiger partial charge in [-0.1, -0.05) is 20.8 Å². The Morgan fingerprint density at radius 1 is 1.08 bits per heavy atom. The number of rotatable bonds is 12. The Morgan fingerprint density at radius 2 is 1.81 bits per heavy atom. The lowest BCUT2D eigenvalue weighted by Gasteiger charge is -2.25. The molecule has 0 radical (unpaired) electrons. The van der Waals surface area contributed by atoms with Crippen LogP contribution in [0.5, 0.6) is 0 Å². The van der Waals surface area contributed by atoms with Gasteiger partial charge < -0.3 is 25.7 Å². The smallest absolute Gasteiger partial charge is 0.242 e. The van der Waals surface area contributed by atoms with Crippen molar-refractivity contribution in [1.29, 1.82) is 0 Å². The van der Waals surface area contributed by atoms with E-state index in [1.807, 2.05) is 33.8 Å². The first kappa shape index (κ1) is 22.2. The fourth-order valence-corrected chi connectivity index (χ4v) is 2.71. The molecule has 0 aliphatic carbocycles. The largest absolute Gasteiger partial charge is 0.472 e. The maximum Gasteiger partial charge on any atom is 0.242 e. The standard InChI is InChI=1S/C19H34N4O3/c1-6-20-16(10-15-8-9-26-12-15)11-22-14(5)18(24)23-17(13(3)4)19(25)21-7-2/h8-9,12-14,16-17,20,22H,6-7,10-11H2,1-5H3,(H,21,25)(H,23,24)/t14-,16-,17-/m0/s1. The highest BCUT2D eigenvalue weighted by atomic mass is 16.3. The maximum atomic E-state index is 12.5. The highest BCUT2D eigenvalue weighted by molar-refractivity contribution is 5.89. The van der Waals surface area contributed by atoms with E-state index in [-0.39, 0.29) is 23.8 Å². The lowest BCUT2D eigenvalue weighted by atomic mass is 10.0. The minimum atomic E-state index is -0.526. The number of carbonyl (C=O) groups is 2. The first-order chi connectivity index (χ1) is 12.4. The van der Waals surface area contributed by atoms with Crippen molar-refractivity contribution in [2.24, 2.45) is 5.92 Å². The molecule has 0 unspecified atom stereocenters. The van der Waals surface area contributed by atoms with E-state index in [0.717, 1.165) is 18.5 Å². The Kier molecular flexibility index (Phi) is 9.98. The number of hydrogen-bond acceptors (Lipinski definition) is 5. The highest BCUT2D eigenvalue weighted by Crippen LogP contribution is 2.05. The third-order valence-corrected chi connectivity index (χ3v) is 4.22. The first-order valence-corrected chi connectivity index (χ1v) is 9.44. The van der Waals surface area contributed by atoms with Gasteiger partial charge in [0, 0.05) is 19.1 Å². The normalized spacial score (nSPS) is 14.7. The maximum absolute atomic E-state index is 12.5. The van der Waals surface area contributed by atoms with Crippen LogP contribution in [0.4, 0.5) is 0 Å². The zero-order valence-electron chi connectivity index (χ0n) is 16.6. The predicted molar refractivity (Wildman–Crippen MR) is 103 cm³/mol. The molecule has 1 aromatic heterocycles. The van der Waals surface area contributed by atoms with E-state index in [4.69, 9.17) is 4.42 Å². The Bertz CT molecular complexity index is 531. The first-order valence-electron chi connectivity index (χ1n) is 9.44. The van der Waals surface area contributed by atoms with Crippen molar-refractivity contribution in [3.8, 4) is 0 Å². The van der Waals surface area contributed by atoms with Crippen LogP contribution in [0.25, 0.3) is 0 Å². The van der Waals surface area contributed by atoms with Crippen molar-refractivity contribution in [3.63, 3.8) is 0 Å². The van der Waals surface area contributed by atoms with Crippen LogP contribution in [0.15, 0.2) is 23.0 Å². The average molecular weight is 367 g/mol. The van der Waals surface area contributed by atoms with E-state index >= 15 is 0 Å². The van der Waals surface area contributed by atoms with E-state index in [2.05, 4.69) is 28.2 Å². The monoisotopic (exact) mass is 366 g/mol. The lowest BCUT2D eigenvalue weighted by Crippen LogP contribution is -2.55.